The summed E-state index contributed by atoms with van der Waals surface area (Å²) in [5.41, 5.74) is 0. The van der Waals surface area contributed by atoms with Crippen molar-refractivity contribution in [1.82, 2.24) is 10.2 Å². The molecule has 2 aliphatic rings. The number of aliphatic hydroxyl groups is 1. The van der Waals surface area contributed by atoms with Gasteiger partial charge in [-0.15, -0.1) is 0 Å². The Hall–Kier alpha value is -0.120. The van der Waals surface area contributed by atoms with E-state index < -0.39 is 0 Å². The zero-order valence-corrected chi connectivity index (χ0v) is 10.5. The molecule has 0 amide bonds. The van der Waals surface area contributed by atoms with Crippen LogP contribution in [0.4, 0.5) is 0 Å². The van der Waals surface area contributed by atoms with Crippen molar-refractivity contribution < 1.29 is 5.11 Å². The molecule has 3 unspecified atom stereocenters. The summed E-state index contributed by atoms with van der Waals surface area (Å²) in [4.78, 5) is 2.58. The van der Waals surface area contributed by atoms with Crippen LogP contribution in [0.1, 0.15) is 45.4 Å². The van der Waals surface area contributed by atoms with Crippen LogP contribution in [0.3, 0.4) is 0 Å². The third kappa shape index (κ3) is 3.19. The number of hydrogen-bond acceptors (Lipinski definition) is 3. The Morgan fingerprint density at radius 3 is 2.56 bits per heavy atom. The van der Waals surface area contributed by atoms with Crippen LogP contribution in [0.15, 0.2) is 0 Å². The summed E-state index contributed by atoms with van der Waals surface area (Å²) in [6.45, 7) is 5.85. The van der Waals surface area contributed by atoms with Crippen molar-refractivity contribution in [1.29, 1.82) is 0 Å². The molecule has 1 saturated carbocycles. The van der Waals surface area contributed by atoms with Crippen molar-refractivity contribution in [2.45, 2.75) is 63.6 Å². The Morgan fingerprint density at radius 1 is 1.19 bits per heavy atom. The summed E-state index contributed by atoms with van der Waals surface area (Å²) in [5.74, 6) is 0. The first-order valence-electron chi connectivity index (χ1n) is 6.93. The SMILES string of the molecule is CC(CNC1CCCC1O)N1CCCCC1. The average molecular weight is 226 g/mol. The topological polar surface area (TPSA) is 35.5 Å². The van der Waals surface area contributed by atoms with Gasteiger partial charge in [0.15, 0.2) is 0 Å². The molecule has 3 heteroatoms. The van der Waals surface area contributed by atoms with Crippen molar-refractivity contribution in [3.63, 3.8) is 0 Å². The molecule has 16 heavy (non-hydrogen) atoms. The Bertz CT molecular complexity index is 204. The monoisotopic (exact) mass is 226 g/mol. The molecular formula is C13H26N2O. The van der Waals surface area contributed by atoms with E-state index >= 15 is 0 Å². The van der Waals surface area contributed by atoms with E-state index in [1.165, 1.54) is 38.8 Å². The standard InChI is InChI=1S/C13H26N2O/c1-11(15-8-3-2-4-9-15)10-14-12-6-5-7-13(12)16/h11-14,16H,2-10H2,1H3. The van der Waals surface area contributed by atoms with Gasteiger partial charge >= 0.3 is 0 Å². The van der Waals surface area contributed by atoms with Gasteiger partial charge in [-0.2, -0.15) is 0 Å². The highest BCUT2D eigenvalue weighted by Crippen LogP contribution is 2.19. The highest BCUT2D eigenvalue weighted by atomic mass is 16.3. The number of nitrogens with zero attached hydrogens (tertiary/aromatic N) is 1. The molecular weight excluding hydrogens is 200 g/mol. The molecule has 2 fully saturated rings. The molecule has 1 saturated heterocycles. The first kappa shape index (κ1) is 12.3. The van der Waals surface area contributed by atoms with Crippen LogP contribution in [-0.2, 0) is 0 Å². The van der Waals surface area contributed by atoms with E-state index in [1.807, 2.05) is 0 Å². The molecule has 0 aromatic carbocycles. The fourth-order valence-electron chi connectivity index (χ4n) is 2.99. The lowest BCUT2D eigenvalue weighted by Gasteiger charge is -2.33. The molecule has 94 valence electrons. The van der Waals surface area contributed by atoms with Crippen molar-refractivity contribution in [2.75, 3.05) is 19.6 Å². The number of rotatable bonds is 4. The summed E-state index contributed by atoms with van der Waals surface area (Å²) in [6.07, 6.45) is 7.32. The minimum atomic E-state index is -0.103. The molecule has 0 spiro atoms. The van der Waals surface area contributed by atoms with Crippen LogP contribution < -0.4 is 5.32 Å². The highest BCUT2D eigenvalue weighted by Gasteiger charge is 2.25. The quantitative estimate of drug-likeness (QED) is 0.760. The molecule has 0 radical (unpaired) electrons. The smallest absolute Gasteiger partial charge is 0.0693 e. The van der Waals surface area contributed by atoms with E-state index in [0.717, 1.165) is 19.4 Å². The van der Waals surface area contributed by atoms with Gasteiger partial charge in [-0.25, -0.2) is 0 Å². The number of nitrogens with one attached hydrogen (secondary N) is 1. The molecule has 2 rings (SSSR count). The van der Waals surface area contributed by atoms with Crippen LogP contribution in [0.5, 0.6) is 0 Å². The number of aliphatic hydroxyl groups excluding tert-OH is 1. The molecule has 0 aromatic heterocycles. The van der Waals surface area contributed by atoms with E-state index in [-0.39, 0.29) is 6.10 Å². The second-order valence-electron chi connectivity index (χ2n) is 5.46. The number of likely N-dealkylation sites (tertiary alicyclic amines) is 1. The predicted octanol–water partition coefficient (Wildman–Crippen LogP) is 1.36. The number of hydrogen-bond donors (Lipinski definition) is 2. The molecule has 3 atom stereocenters. The van der Waals surface area contributed by atoms with Crippen LogP contribution in [-0.4, -0.2) is 47.8 Å². The molecule has 2 N–H and O–H groups in total. The van der Waals surface area contributed by atoms with Crippen molar-refractivity contribution in [3.8, 4) is 0 Å². The summed E-state index contributed by atoms with van der Waals surface area (Å²) in [7, 11) is 0. The molecule has 0 bridgehead atoms. The van der Waals surface area contributed by atoms with E-state index in [0.29, 0.717) is 12.1 Å². The summed E-state index contributed by atoms with van der Waals surface area (Å²) in [6, 6.07) is 0.973. The van der Waals surface area contributed by atoms with Crippen molar-refractivity contribution in [3.05, 3.63) is 0 Å². The van der Waals surface area contributed by atoms with Gasteiger partial charge in [-0.1, -0.05) is 6.42 Å². The van der Waals surface area contributed by atoms with Gasteiger partial charge in [0.25, 0.3) is 0 Å². The second-order valence-corrected chi connectivity index (χ2v) is 5.46. The van der Waals surface area contributed by atoms with Crippen molar-refractivity contribution in [2.24, 2.45) is 0 Å². The fraction of sp³-hybridized carbons (Fsp3) is 1.00. The molecule has 1 heterocycles. The molecule has 1 aliphatic carbocycles. The van der Waals surface area contributed by atoms with E-state index in [1.54, 1.807) is 0 Å². The first-order valence-corrected chi connectivity index (χ1v) is 6.93. The third-order valence-corrected chi connectivity index (χ3v) is 4.17. The van der Waals surface area contributed by atoms with Gasteiger partial charge in [0.05, 0.1) is 6.10 Å². The maximum absolute atomic E-state index is 9.74. The lowest BCUT2D eigenvalue weighted by atomic mass is 10.1. The minimum absolute atomic E-state index is 0.103. The number of piperidine rings is 1. The van der Waals surface area contributed by atoms with Gasteiger partial charge in [-0.05, 0) is 52.1 Å². The van der Waals surface area contributed by atoms with Gasteiger partial charge in [0.2, 0.25) is 0 Å². The first-order chi connectivity index (χ1) is 7.77. The largest absolute Gasteiger partial charge is 0.392 e. The molecule has 0 aromatic rings. The Morgan fingerprint density at radius 2 is 1.94 bits per heavy atom. The Labute approximate surface area is 99.2 Å². The van der Waals surface area contributed by atoms with Crippen molar-refractivity contribution >= 4 is 0 Å². The fourth-order valence-corrected chi connectivity index (χ4v) is 2.99. The zero-order valence-electron chi connectivity index (χ0n) is 10.5. The van der Waals surface area contributed by atoms with Crippen LogP contribution >= 0.6 is 0 Å². The summed E-state index contributed by atoms with van der Waals surface area (Å²) in [5, 5.41) is 13.3. The maximum atomic E-state index is 9.74. The molecule has 1 aliphatic heterocycles. The highest BCUT2D eigenvalue weighted by molar-refractivity contribution is 4.84. The zero-order chi connectivity index (χ0) is 11.4. The van der Waals surface area contributed by atoms with Crippen LogP contribution in [0.2, 0.25) is 0 Å². The average Bonchev–Trinajstić information content (AvgIpc) is 2.73. The van der Waals surface area contributed by atoms with E-state index in [4.69, 9.17) is 0 Å². The lowest BCUT2D eigenvalue weighted by molar-refractivity contribution is 0.132. The summed E-state index contributed by atoms with van der Waals surface area (Å²) < 4.78 is 0. The van der Waals surface area contributed by atoms with Crippen LogP contribution in [0.25, 0.3) is 0 Å². The minimum Gasteiger partial charge on any atom is -0.392 e. The van der Waals surface area contributed by atoms with Gasteiger partial charge in [-0.3, -0.25) is 4.90 Å². The summed E-state index contributed by atoms with van der Waals surface area (Å²) >= 11 is 0. The normalized spacial score (nSPS) is 34.1. The van der Waals surface area contributed by atoms with Gasteiger partial charge in [0.1, 0.15) is 0 Å². The predicted molar refractivity (Wildman–Crippen MR) is 66.5 cm³/mol. The van der Waals surface area contributed by atoms with Gasteiger partial charge in [0, 0.05) is 18.6 Å². The lowest BCUT2D eigenvalue weighted by Crippen LogP contribution is -2.47. The maximum Gasteiger partial charge on any atom is 0.0693 e. The van der Waals surface area contributed by atoms with Crippen LogP contribution in [0, 0.1) is 0 Å². The Kier molecular flexibility index (Phi) is 4.62. The van der Waals surface area contributed by atoms with E-state index in [2.05, 4.69) is 17.1 Å². The Balaban J connectivity index is 1.68. The van der Waals surface area contributed by atoms with E-state index in [9.17, 15) is 5.11 Å². The van der Waals surface area contributed by atoms with Gasteiger partial charge < -0.3 is 10.4 Å². The third-order valence-electron chi connectivity index (χ3n) is 4.17. The molecule has 3 nitrogen and oxygen atoms in total. The second kappa shape index (κ2) is 5.99.